The number of Topliss-reactive ketones (excluding diaryl/α,β-unsaturated/α-hetero) is 1. The number of rotatable bonds is 6. The van der Waals surface area contributed by atoms with Gasteiger partial charge < -0.3 is 15.0 Å². The zero-order chi connectivity index (χ0) is 19.6. The molecule has 144 valence electrons. The van der Waals surface area contributed by atoms with Crippen molar-refractivity contribution in [2.45, 2.75) is 58.0 Å². The van der Waals surface area contributed by atoms with Crippen LogP contribution in [0, 0.1) is 5.92 Å². The number of hydrogen-bond acceptors (Lipinski definition) is 3. The monoisotopic (exact) mass is 370 g/mol. The van der Waals surface area contributed by atoms with Crippen molar-refractivity contribution in [2.75, 3.05) is 0 Å². The number of nitrogens with zero attached hydrogens (tertiary/aromatic N) is 1. The first kappa shape index (κ1) is 19.1. The van der Waals surface area contributed by atoms with Crippen LogP contribution in [0.3, 0.4) is 0 Å². The Labute approximate surface area is 158 Å². The standard InChI is InChI=1S/C21H26N2O4/c1-3-18(20(25)22-15-10-8-14(9-11-15)21(26)27)23-12-17(13(2)24)16-6-4-5-7-19(16)23/h4-7,12,14-15,18H,3,8-11H2,1-2H3,(H,22,25)(H,26,27). The highest BCUT2D eigenvalue weighted by atomic mass is 16.4. The summed E-state index contributed by atoms with van der Waals surface area (Å²) in [5.74, 6) is -1.15. The van der Waals surface area contributed by atoms with Gasteiger partial charge in [-0.15, -0.1) is 0 Å². The van der Waals surface area contributed by atoms with E-state index in [9.17, 15) is 14.4 Å². The number of carboxylic acid groups (broad SMARTS) is 1. The van der Waals surface area contributed by atoms with Crippen molar-refractivity contribution in [1.29, 1.82) is 0 Å². The molecule has 2 N–H and O–H groups in total. The molecule has 0 bridgehead atoms. The zero-order valence-corrected chi connectivity index (χ0v) is 15.8. The summed E-state index contributed by atoms with van der Waals surface area (Å²) in [5.41, 5.74) is 1.50. The lowest BCUT2D eigenvalue weighted by Gasteiger charge is -2.28. The molecule has 3 rings (SSSR count). The molecule has 27 heavy (non-hydrogen) atoms. The summed E-state index contributed by atoms with van der Waals surface area (Å²) in [4.78, 5) is 36.0. The lowest BCUT2D eigenvalue weighted by molar-refractivity contribution is -0.142. The van der Waals surface area contributed by atoms with E-state index in [0.29, 0.717) is 37.7 Å². The summed E-state index contributed by atoms with van der Waals surface area (Å²) in [6, 6.07) is 7.23. The molecule has 0 radical (unpaired) electrons. The van der Waals surface area contributed by atoms with Gasteiger partial charge in [-0.25, -0.2) is 0 Å². The number of carbonyl (C=O) groups is 3. The molecule has 6 heteroatoms. The van der Waals surface area contributed by atoms with Crippen molar-refractivity contribution < 1.29 is 19.5 Å². The van der Waals surface area contributed by atoms with Crippen molar-refractivity contribution in [3.63, 3.8) is 0 Å². The molecule has 1 heterocycles. The number of nitrogens with one attached hydrogen (secondary N) is 1. The molecule has 1 amide bonds. The van der Waals surface area contributed by atoms with E-state index in [-0.39, 0.29) is 23.7 Å². The lowest BCUT2D eigenvalue weighted by atomic mass is 9.86. The lowest BCUT2D eigenvalue weighted by Crippen LogP contribution is -2.42. The Morgan fingerprint density at radius 2 is 1.85 bits per heavy atom. The number of benzene rings is 1. The summed E-state index contributed by atoms with van der Waals surface area (Å²) in [5, 5.41) is 13.1. The van der Waals surface area contributed by atoms with Crippen molar-refractivity contribution in [1.82, 2.24) is 9.88 Å². The number of aliphatic carboxylic acids is 1. The molecule has 0 saturated heterocycles. The Bertz CT molecular complexity index is 862. The van der Waals surface area contributed by atoms with E-state index in [2.05, 4.69) is 5.32 Å². The largest absolute Gasteiger partial charge is 0.481 e. The summed E-state index contributed by atoms with van der Waals surface area (Å²) >= 11 is 0. The molecule has 6 nitrogen and oxygen atoms in total. The van der Waals surface area contributed by atoms with Gasteiger partial charge in [0.2, 0.25) is 5.91 Å². The molecule has 1 aliphatic rings. The second-order valence-corrected chi connectivity index (χ2v) is 7.34. The van der Waals surface area contributed by atoms with Gasteiger partial charge in [-0.3, -0.25) is 14.4 Å². The number of amides is 1. The first-order valence-corrected chi connectivity index (χ1v) is 9.56. The highest BCUT2D eigenvalue weighted by Crippen LogP contribution is 2.28. The number of aromatic nitrogens is 1. The topological polar surface area (TPSA) is 88.4 Å². The van der Waals surface area contributed by atoms with Crippen LogP contribution in [0.5, 0.6) is 0 Å². The van der Waals surface area contributed by atoms with Crippen molar-refractivity contribution in [3.05, 3.63) is 36.0 Å². The third-order valence-corrected chi connectivity index (χ3v) is 5.57. The minimum absolute atomic E-state index is 0.0104. The van der Waals surface area contributed by atoms with Gasteiger partial charge in [0, 0.05) is 28.7 Å². The predicted molar refractivity (Wildman–Crippen MR) is 103 cm³/mol. The van der Waals surface area contributed by atoms with Crippen LogP contribution in [-0.2, 0) is 9.59 Å². The summed E-state index contributed by atoms with van der Waals surface area (Å²) in [6.45, 7) is 3.49. The van der Waals surface area contributed by atoms with Gasteiger partial charge in [-0.05, 0) is 45.1 Å². The van der Waals surface area contributed by atoms with E-state index in [4.69, 9.17) is 5.11 Å². The van der Waals surface area contributed by atoms with Crippen LogP contribution in [0.15, 0.2) is 30.5 Å². The molecule has 1 saturated carbocycles. The second-order valence-electron chi connectivity index (χ2n) is 7.34. The SMILES string of the molecule is CCC(C(=O)NC1CCC(C(=O)O)CC1)n1cc(C(C)=O)c2ccccc21. The number of ketones is 1. The molecule has 2 aromatic rings. The van der Waals surface area contributed by atoms with E-state index in [1.807, 2.05) is 35.8 Å². The van der Waals surface area contributed by atoms with Crippen molar-refractivity contribution in [3.8, 4) is 0 Å². The average Bonchev–Trinajstić information content (AvgIpc) is 3.03. The van der Waals surface area contributed by atoms with Gasteiger partial charge in [0.15, 0.2) is 5.78 Å². The first-order chi connectivity index (χ1) is 12.9. The highest BCUT2D eigenvalue weighted by molar-refractivity contribution is 6.07. The maximum atomic E-state index is 12.9. The summed E-state index contributed by atoms with van der Waals surface area (Å²) in [7, 11) is 0. The zero-order valence-electron chi connectivity index (χ0n) is 15.8. The van der Waals surface area contributed by atoms with Gasteiger partial charge in [0.1, 0.15) is 6.04 Å². The van der Waals surface area contributed by atoms with E-state index >= 15 is 0 Å². The Balaban J connectivity index is 1.79. The highest BCUT2D eigenvalue weighted by Gasteiger charge is 2.29. The molecular formula is C21H26N2O4. The smallest absolute Gasteiger partial charge is 0.306 e. The van der Waals surface area contributed by atoms with E-state index in [1.54, 1.807) is 6.20 Å². The van der Waals surface area contributed by atoms with Crippen molar-refractivity contribution in [2.24, 2.45) is 5.92 Å². The Kier molecular flexibility index (Phi) is 5.63. The fourth-order valence-electron chi connectivity index (χ4n) is 4.03. The number of hydrogen-bond donors (Lipinski definition) is 2. The molecule has 0 aliphatic heterocycles. The first-order valence-electron chi connectivity index (χ1n) is 9.56. The van der Waals surface area contributed by atoms with Crippen LogP contribution in [0.2, 0.25) is 0 Å². The average molecular weight is 370 g/mol. The van der Waals surface area contributed by atoms with Gasteiger partial charge >= 0.3 is 5.97 Å². The number of carboxylic acids is 1. The molecule has 1 aliphatic carbocycles. The van der Waals surface area contributed by atoms with Crippen LogP contribution < -0.4 is 5.32 Å². The third kappa shape index (κ3) is 3.89. The van der Waals surface area contributed by atoms with Gasteiger partial charge in [-0.1, -0.05) is 25.1 Å². The molecule has 1 fully saturated rings. The quantitative estimate of drug-likeness (QED) is 0.761. The van der Waals surface area contributed by atoms with Crippen molar-refractivity contribution >= 4 is 28.6 Å². The fraction of sp³-hybridized carbons (Fsp3) is 0.476. The normalized spacial score (nSPS) is 21.0. The number of para-hydroxylation sites is 1. The molecule has 0 spiro atoms. The second kappa shape index (κ2) is 7.94. The van der Waals surface area contributed by atoms with E-state index in [0.717, 1.165) is 10.9 Å². The van der Waals surface area contributed by atoms with E-state index < -0.39 is 12.0 Å². The maximum absolute atomic E-state index is 12.9. The third-order valence-electron chi connectivity index (χ3n) is 5.57. The number of fused-ring (bicyclic) bond motifs is 1. The minimum Gasteiger partial charge on any atom is -0.481 e. The summed E-state index contributed by atoms with van der Waals surface area (Å²) < 4.78 is 1.89. The fourth-order valence-corrected chi connectivity index (χ4v) is 4.03. The molecule has 1 aromatic heterocycles. The number of carbonyl (C=O) groups excluding carboxylic acids is 2. The Morgan fingerprint density at radius 1 is 1.19 bits per heavy atom. The Hall–Kier alpha value is -2.63. The van der Waals surface area contributed by atoms with E-state index in [1.165, 1.54) is 6.92 Å². The van der Waals surface area contributed by atoms with Crippen LogP contribution in [0.1, 0.15) is 62.4 Å². The Morgan fingerprint density at radius 3 is 2.44 bits per heavy atom. The molecule has 1 unspecified atom stereocenters. The molecular weight excluding hydrogens is 344 g/mol. The molecule has 1 aromatic carbocycles. The minimum atomic E-state index is -0.748. The van der Waals surface area contributed by atoms with Gasteiger partial charge in [-0.2, -0.15) is 0 Å². The maximum Gasteiger partial charge on any atom is 0.306 e. The predicted octanol–water partition coefficient (Wildman–Crippen LogP) is 3.55. The van der Waals surface area contributed by atoms with Gasteiger partial charge in [0.25, 0.3) is 0 Å². The molecule has 1 atom stereocenters. The van der Waals surface area contributed by atoms with Gasteiger partial charge in [0.05, 0.1) is 5.92 Å². The van der Waals surface area contributed by atoms with Crippen LogP contribution in [-0.4, -0.2) is 33.4 Å². The van der Waals surface area contributed by atoms with Crippen LogP contribution in [0.25, 0.3) is 10.9 Å². The summed E-state index contributed by atoms with van der Waals surface area (Å²) in [6.07, 6.45) is 4.94. The van der Waals surface area contributed by atoms with Crippen LogP contribution >= 0.6 is 0 Å². The van der Waals surface area contributed by atoms with Crippen LogP contribution in [0.4, 0.5) is 0 Å².